The molecule has 0 N–H and O–H groups in total. The first kappa shape index (κ1) is 31.0. The van der Waals surface area contributed by atoms with E-state index in [1.54, 1.807) is 167 Å². The minimum absolute atomic E-state index is 0.605. The maximum absolute atomic E-state index is 2.83. The predicted octanol–water partition coefficient (Wildman–Crippen LogP) is 13.1. The maximum Gasteiger partial charge on any atom is -0.0292 e. The predicted molar refractivity (Wildman–Crippen MR) is 190 cm³/mol. The zero-order valence-corrected chi connectivity index (χ0v) is 30.1. The standard InChI is InChI=1S/C45H74/c1-45(2)43-27-32(31-20-19-29-11-3-4-12-30(29)25-31)21-23-40(43)41-24-22-34(28-44(41)45)36-15-7-8-17-38(36)42-26-33-13-5-6-14-35(33)37-16-9-10-18-39(37)42/h29-44H,3-28H2,1-2H3/t29?,30?,31?,32?,33?,34?,35?,36?,37?,38?,39-,40?,41?,42?,43?,44?/m1/s1. The number of hydrogen-bond acceptors (Lipinski definition) is 0. The molecule has 0 saturated heterocycles. The number of hydrogen-bond donors (Lipinski definition) is 0. The van der Waals surface area contributed by atoms with Crippen LogP contribution in [0.2, 0.25) is 0 Å². The highest BCUT2D eigenvalue weighted by Gasteiger charge is 2.59. The topological polar surface area (TPSA) is 0 Å². The van der Waals surface area contributed by atoms with Crippen molar-refractivity contribution >= 4 is 0 Å². The van der Waals surface area contributed by atoms with Gasteiger partial charge in [-0.3, -0.25) is 0 Å². The number of fused-ring (bicyclic) bond motifs is 7. The van der Waals surface area contributed by atoms with Crippen LogP contribution in [-0.4, -0.2) is 0 Å². The molecule has 0 spiro atoms. The van der Waals surface area contributed by atoms with Crippen molar-refractivity contribution in [1.82, 2.24) is 0 Å². The van der Waals surface area contributed by atoms with Crippen molar-refractivity contribution < 1.29 is 0 Å². The molecule has 16 atom stereocenters. The summed E-state index contributed by atoms with van der Waals surface area (Å²) in [7, 11) is 0. The number of rotatable bonds is 3. The van der Waals surface area contributed by atoms with E-state index in [0.29, 0.717) is 5.41 Å². The van der Waals surface area contributed by atoms with Crippen LogP contribution in [0.3, 0.4) is 0 Å². The zero-order valence-electron chi connectivity index (χ0n) is 30.1. The van der Waals surface area contributed by atoms with Crippen LogP contribution in [0.1, 0.15) is 181 Å². The van der Waals surface area contributed by atoms with Gasteiger partial charge in [0.15, 0.2) is 0 Å². The molecule has 9 aliphatic carbocycles. The van der Waals surface area contributed by atoms with Gasteiger partial charge in [0.1, 0.15) is 0 Å². The van der Waals surface area contributed by atoms with Crippen molar-refractivity contribution in [2.24, 2.45) is 100 Å². The van der Waals surface area contributed by atoms with Crippen molar-refractivity contribution in [3.63, 3.8) is 0 Å². The van der Waals surface area contributed by atoms with Gasteiger partial charge in [0, 0.05) is 0 Å². The molecular formula is C45H74. The average molecular weight is 615 g/mol. The van der Waals surface area contributed by atoms with Crippen LogP contribution in [0.25, 0.3) is 0 Å². The quantitative estimate of drug-likeness (QED) is 0.297. The first-order valence-electron chi connectivity index (χ1n) is 22.1. The van der Waals surface area contributed by atoms with E-state index in [1.807, 2.05) is 0 Å². The third-order valence-corrected chi connectivity index (χ3v) is 19.1. The molecule has 0 radical (unpaired) electrons. The van der Waals surface area contributed by atoms with E-state index in [4.69, 9.17) is 0 Å². The van der Waals surface area contributed by atoms with Crippen LogP contribution in [0.15, 0.2) is 0 Å². The molecule has 0 bridgehead atoms. The summed E-state index contributed by atoms with van der Waals surface area (Å²) in [4.78, 5) is 0. The average Bonchev–Trinajstić information content (AvgIpc) is 3.32. The van der Waals surface area contributed by atoms with Crippen LogP contribution in [-0.2, 0) is 0 Å². The molecule has 9 saturated carbocycles. The molecule has 0 aromatic heterocycles. The van der Waals surface area contributed by atoms with Gasteiger partial charge in [0.05, 0.1) is 0 Å². The van der Waals surface area contributed by atoms with Crippen LogP contribution in [0.5, 0.6) is 0 Å². The van der Waals surface area contributed by atoms with Crippen LogP contribution < -0.4 is 0 Å². The van der Waals surface area contributed by atoms with Crippen molar-refractivity contribution in [3.8, 4) is 0 Å². The Kier molecular flexibility index (Phi) is 8.76. The molecule has 0 amide bonds. The molecule has 15 unspecified atom stereocenters. The molecule has 0 aliphatic heterocycles. The highest BCUT2D eigenvalue weighted by atomic mass is 14.6. The lowest BCUT2D eigenvalue weighted by atomic mass is 9.49. The van der Waals surface area contributed by atoms with Gasteiger partial charge >= 0.3 is 0 Å². The fourth-order valence-corrected chi connectivity index (χ4v) is 17.3. The van der Waals surface area contributed by atoms with E-state index < -0.39 is 0 Å². The lowest BCUT2D eigenvalue weighted by Crippen LogP contribution is -2.48. The van der Waals surface area contributed by atoms with Gasteiger partial charge in [-0.05, 0) is 196 Å². The summed E-state index contributed by atoms with van der Waals surface area (Å²) >= 11 is 0. The van der Waals surface area contributed by atoms with Gasteiger partial charge in [-0.25, -0.2) is 0 Å². The molecule has 0 heterocycles. The second kappa shape index (κ2) is 12.7. The van der Waals surface area contributed by atoms with Crippen molar-refractivity contribution in [3.05, 3.63) is 0 Å². The second-order valence-corrected chi connectivity index (χ2v) is 20.7. The third kappa shape index (κ3) is 5.48. The highest BCUT2D eigenvalue weighted by Crippen LogP contribution is 2.67. The van der Waals surface area contributed by atoms with Gasteiger partial charge in [-0.2, -0.15) is 0 Å². The van der Waals surface area contributed by atoms with E-state index >= 15 is 0 Å². The van der Waals surface area contributed by atoms with Crippen LogP contribution in [0, 0.1) is 100 Å². The van der Waals surface area contributed by atoms with E-state index in [-0.39, 0.29) is 0 Å². The summed E-state index contributed by atoms with van der Waals surface area (Å²) in [6.45, 7) is 5.65. The summed E-state index contributed by atoms with van der Waals surface area (Å²) in [6, 6.07) is 0. The molecule has 9 aliphatic rings. The first-order chi connectivity index (χ1) is 22.1. The smallest absolute Gasteiger partial charge is 0.0292 e. The molecule has 45 heavy (non-hydrogen) atoms. The van der Waals surface area contributed by atoms with Gasteiger partial charge < -0.3 is 0 Å². The highest BCUT2D eigenvalue weighted by molar-refractivity contribution is 5.08. The van der Waals surface area contributed by atoms with E-state index in [1.165, 1.54) is 0 Å². The van der Waals surface area contributed by atoms with E-state index in [0.717, 1.165) is 94.7 Å². The van der Waals surface area contributed by atoms with Gasteiger partial charge in [0.25, 0.3) is 0 Å². The minimum atomic E-state index is 0.605. The molecule has 9 rings (SSSR count). The summed E-state index contributed by atoms with van der Waals surface area (Å²) in [5.74, 6) is 17.7. The van der Waals surface area contributed by atoms with E-state index in [2.05, 4.69) is 13.8 Å². The lowest BCUT2D eigenvalue weighted by molar-refractivity contribution is -0.0676. The summed E-state index contributed by atoms with van der Waals surface area (Å²) in [6.07, 6.45) is 41.6. The van der Waals surface area contributed by atoms with Crippen LogP contribution in [0.4, 0.5) is 0 Å². The Morgan fingerprint density at radius 3 is 1.31 bits per heavy atom. The Balaban J connectivity index is 0.900. The van der Waals surface area contributed by atoms with E-state index in [9.17, 15) is 0 Å². The summed E-state index contributed by atoms with van der Waals surface area (Å²) in [5.41, 5.74) is 0.605. The Morgan fingerprint density at radius 1 is 0.267 bits per heavy atom. The Labute approximate surface area is 280 Å². The molecule has 0 nitrogen and oxygen atoms in total. The third-order valence-electron chi connectivity index (χ3n) is 19.1. The minimum Gasteiger partial charge on any atom is -0.0594 e. The Morgan fingerprint density at radius 2 is 0.644 bits per heavy atom. The monoisotopic (exact) mass is 615 g/mol. The Hall–Kier alpha value is 0. The fourth-order valence-electron chi connectivity index (χ4n) is 17.3. The second-order valence-electron chi connectivity index (χ2n) is 20.7. The van der Waals surface area contributed by atoms with Crippen LogP contribution >= 0.6 is 0 Å². The SMILES string of the molecule is CC1(C)C2CC(C3CCC4CCCCC4C3)CCC2C2CCC(C3CCCCC3C3CC4CCCCC4C4CCCC[C@H]43)CC21. The largest absolute Gasteiger partial charge is 0.0594 e. The fraction of sp³-hybridized carbons (Fsp3) is 1.00. The normalized spacial score (nSPS) is 54.5. The first-order valence-corrected chi connectivity index (χ1v) is 22.1. The molecule has 0 heteroatoms. The molecular weight excluding hydrogens is 540 g/mol. The van der Waals surface area contributed by atoms with Crippen molar-refractivity contribution in [2.75, 3.05) is 0 Å². The summed E-state index contributed by atoms with van der Waals surface area (Å²) in [5, 5.41) is 0. The van der Waals surface area contributed by atoms with Gasteiger partial charge in [-0.15, -0.1) is 0 Å². The molecule has 254 valence electrons. The maximum atomic E-state index is 2.83. The van der Waals surface area contributed by atoms with Gasteiger partial charge in [-0.1, -0.05) is 84.5 Å². The molecule has 9 fully saturated rings. The summed E-state index contributed by atoms with van der Waals surface area (Å²) < 4.78 is 0. The Bertz CT molecular complexity index is 1010. The lowest BCUT2D eigenvalue weighted by Gasteiger charge is -2.56. The molecule has 0 aromatic carbocycles. The zero-order chi connectivity index (χ0) is 30.1. The van der Waals surface area contributed by atoms with Crippen molar-refractivity contribution in [1.29, 1.82) is 0 Å². The van der Waals surface area contributed by atoms with Gasteiger partial charge in [0.2, 0.25) is 0 Å². The van der Waals surface area contributed by atoms with Crippen molar-refractivity contribution in [2.45, 2.75) is 181 Å². The molecule has 0 aromatic rings.